The van der Waals surface area contributed by atoms with Crippen LogP contribution in [0.25, 0.3) is 0 Å². The average Bonchev–Trinajstić information content (AvgIpc) is 2.69. The highest BCUT2D eigenvalue weighted by molar-refractivity contribution is 4.73. The summed E-state index contributed by atoms with van der Waals surface area (Å²) in [6, 6.07) is 0. The molecule has 0 amide bonds. The predicted octanol–water partition coefficient (Wildman–Crippen LogP) is 0.554. The second kappa shape index (κ2) is 6.56. The van der Waals surface area contributed by atoms with Crippen LogP contribution in [0.4, 0.5) is 0 Å². The molecule has 0 aliphatic heterocycles. The molecule has 0 aliphatic rings. The van der Waals surface area contributed by atoms with Gasteiger partial charge in [0.15, 0.2) is 0 Å². The number of hydrogen-bond acceptors (Lipinski definition) is 3. The van der Waals surface area contributed by atoms with E-state index in [-0.39, 0.29) is 0 Å². The van der Waals surface area contributed by atoms with Crippen molar-refractivity contribution in [3.05, 3.63) is 18.7 Å². The van der Waals surface area contributed by atoms with E-state index in [1.165, 1.54) is 0 Å². The minimum atomic E-state index is 0.749. The Hall–Kier alpha value is -0.870. The van der Waals surface area contributed by atoms with Crippen molar-refractivity contribution in [1.82, 2.24) is 14.5 Å². The Morgan fingerprint density at radius 2 is 2.29 bits per heavy atom. The molecule has 2 N–H and O–H groups in total. The average molecular weight is 196 g/mol. The van der Waals surface area contributed by atoms with Crippen LogP contribution < -0.4 is 5.73 Å². The van der Waals surface area contributed by atoms with E-state index in [0.29, 0.717) is 0 Å². The third-order valence-electron chi connectivity index (χ3n) is 2.34. The lowest BCUT2D eigenvalue weighted by Crippen LogP contribution is -2.30. The molecule has 1 rings (SSSR count). The molecule has 1 aromatic rings. The van der Waals surface area contributed by atoms with Gasteiger partial charge in [0.25, 0.3) is 0 Å². The topological polar surface area (TPSA) is 47.1 Å². The van der Waals surface area contributed by atoms with Gasteiger partial charge in [-0.2, -0.15) is 0 Å². The predicted molar refractivity (Wildman–Crippen MR) is 58.0 cm³/mol. The molecule has 0 saturated carbocycles. The molecule has 0 radical (unpaired) electrons. The summed E-state index contributed by atoms with van der Waals surface area (Å²) in [5.41, 5.74) is 5.51. The zero-order chi connectivity index (χ0) is 10.2. The van der Waals surface area contributed by atoms with Crippen LogP contribution in [0.5, 0.6) is 0 Å². The van der Waals surface area contributed by atoms with E-state index in [1.54, 1.807) is 0 Å². The lowest BCUT2D eigenvalue weighted by Gasteiger charge is -2.19. The van der Waals surface area contributed by atoms with Gasteiger partial charge in [-0.05, 0) is 19.5 Å². The monoisotopic (exact) mass is 196 g/mol. The first-order valence-electron chi connectivity index (χ1n) is 5.25. The first-order chi connectivity index (χ1) is 6.86. The van der Waals surface area contributed by atoms with Crippen molar-refractivity contribution in [3.63, 3.8) is 0 Å². The Kier molecular flexibility index (Phi) is 5.25. The van der Waals surface area contributed by atoms with E-state index in [4.69, 9.17) is 5.73 Å². The van der Waals surface area contributed by atoms with Crippen molar-refractivity contribution in [1.29, 1.82) is 0 Å². The molecule has 0 saturated heterocycles. The van der Waals surface area contributed by atoms with Gasteiger partial charge < -0.3 is 15.2 Å². The second-order valence-corrected chi connectivity index (χ2v) is 3.38. The molecule has 0 unspecified atom stereocenters. The number of nitrogens with zero attached hydrogens (tertiary/aromatic N) is 3. The molecule has 0 aromatic carbocycles. The van der Waals surface area contributed by atoms with Gasteiger partial charge in [-0.15, -0.1) is 0 Å². The standard InChI is InChI=1S/C10H20N4/c1-2-13(8-4-11)6-3-7-14-9-5-12-10-14/h5,9-10H,2-4,6-8,11H2,1H3. The molecular weight excluding hydrogens is 176 g/mol. The lowest BCUT2D eigenvalue weighted by molar-refractivity contribution is 0.286. The number of hydrogen-bond donors (Lipinski definition) is 1. The minimum Gasteiger partial charge on any atom is -0.337 e. The van der Waals surface area contributed by atoms with Crippen LogP contribution >= 0.6 is 0 Å². The van der Waals surface area contributed by atoms with Crippen molar-refractivity contribution in [2.45, 2.75) is 19.9 Å². The van der Waals surface area contributed by atoms with Crippen molar-refractivity contribution in [2.75, 3.05) is 26.2 Å². The zero-order valence-corrected chi connectivity index (χ0v) is 8.89. The molecule has 0 spiro atoms. The highest BCUT2D eigenvalue weighted by Crippen LogP contribution is 1.94. The van der Waals surface area contributed by atoms with Gasteiger partial charge in [-0.1, -0.05) is 6.92 Å². The quantitative estimate of drug-likeness (QED) is 0.693. The number of aryl methyl sites for hydroxylation is 1. The van der Waals surface area contributed by atoms with Gasteiger partial charge in [0, 0.05) is 32.0 Å². The van der Waals surface area contributed by atoms with E-state index in [1.807, 2.05) is 18.7 Å². The SMILES string of the molecule is CCN(CCN)CCCn1ccnc1. The van der Waals surface area contributed by atoms with Gasteiger partial charge in [-0.25, -0.2) is 4.98 Å². The first-order valence-corrected chi connectivity index (χ1v) is 5.25. The third-order valence-corrected chi connectivity index (χ3v) is 2.34. The fourth-order valence-corrected chi connectivity index (χ4v) is 1.51. The van der Waals surface area contributed by atoms with Gasteiger partial charge in [0.1, 0.15) is 0 Å². The Balaban J connectivity index is 2.13. The molecule has 0 fully saturated rings. The smallest absolute Gasteiger partial charge is 0.0945 e. The van der Waals surface area contributed by atoms with Crippen LogP contribution in [0.2, 0.25) is 0 Å². The summed E-state index contributed by atoms with van der Waals surface area (Å²) in [6.45, 7) is 7.17. The lowest BCUT2D eigenvalue weighted by atomic mass is 10.3. The number of nitrogens with two attached hydrogens (primary N) is 1. The van der Waals surface area contributed by atoms with Crippen molar-refractivity contribution >= 4 is 0 Å². The van der Waals surface area contributed by atoms with Crippen LogP contribution in [0.3, 0.4) is 0 Å². The zero-order valence-electron chi connectivity index (χ0n) is 8.89. The maximum atomic E-state index is 5.51. The Morgan fingerprint density at radius 3 is 2.86 bits per heavy atom. The van der Waals surface area contributed by atoms with Crippen LogP contribution in [0, 0.1) is 0 Å². The number of aromatic nitrogens is 2. The highest BCUT2D eigenvalue weighted by atomic mass is 15.1. The molecule has 80 valence electrons. The van der Waals surface area contributed by atoms with Crippen LogP contribution in [-0.2, 0) is 6.54 Å². The summed E-state index contributed by atoms with van der Waals surface area (Å²) in [5.74, 6) is 0. The number of rotatable bonds is 7. The molecule has 0 bridgehead atoms. The Labute approximate surface area is 85.7 Å². The molecule has 1 aromatic heterocycles. The highest BCUT2D eigenvalue weighted by Gasteiger charge is 1.99. The summed E-state index contributed by atoms with van der Waals surface area (Å²) in [5, 5.41) is 0. The number of imidazole rings is 1. The number of likely N-dealkylation sites (N-methyl/N-ethyl adjacent to an activating group) is 1. The van der Waals surface area contributed by atoms with Crippen molar-refractivity contribution < 1.29 is 0 Å². The van der Waals surface area contributed by atoms with E-state index in [0.717, 1.165) is 39.1 Å². The largest absolute Gasteiger partial charge is 0.337 e. The van der Waals surface area contributed by atoms with Crippen molar-refractivity contribution in [3.8, 4) is 0 Å². The molecule has 0 aliphatic carbocycles. The van der Waals surface area contributed by atoms with E-state index in [2.05, 4.69) is 21.4 Å². The molecule has 1 heterocycles. The molecule has 4 nitrogen and oxygen atoms in total. The van der Waals surface area contributed by atoms with Gasteiger partial charge in [0.2, 0.25) is 0 Å². The summed E-state index contributed by atoms with van der Waals surface area (Å²) >= 11 is 0. The Morgan fingerprint density at radius 1 is 1.43 bits per heavy atom. The van der Waals surface area contributed by atoms with Crippen LogP contribution in [0.15, 0.2) is 18.7 Å². The molecule has 4 heteroatoms. The fourth-order valence-electron chi connectivity index (χ4n) is 1.51. The Bertz CT molecular complexity index is 220. The van der Waals surface area contributed by atoms with Gasteiger partial charge >= 0.3 is 0 Å². The van der Waals surface area contributed by atoms with E-state index >= 15 is 0 Å². The van der Waals surface area contributed by atoms with Crippen LogP contribution in [-0.4, -0.2) is 40.6 Å². The normalized spacial score (nSPS) is 11.1. The molecular formula is C10H20N4. The molecule has 0 atom stereocenters. The fraction of sp³-hybridized carbons (Fsp3) is 0.700. The maximum absolute atomic E-state index is 5.51. The van der Waals surface area contributed by atoms with Gasteiger partial charge in [0.05, 0.1) is 6.33 Å². The molecule has 14 heavy (non-hydrogen) atoms. The van der Waals surface area contributed by atoms with Gasteiger partial charge in [-0.3, -0.25) is 0 Å². The maximum Gasteiger partial charge on any atom is 0.0945 e. The summed E-state index contributed by atoms with van der Waals surface area (Å²) in [4.78, 5) is 6.38. The summed E-state index contributed by atoms with van der Waals surface area (Å²) in [6.07, 6.45) is 6.83. The third kappa shape index (κ3) is 3.89. The first kappa shape index (κ1) is 11.2. The van der Waals surface area contributed by atoms with E-state index < -0.39 is 0 Å². The van der Waals surface area contributed by atoms with E-state index in [9.17, 15) is 0 Å². The summed E-state index contributed by atoms with van der Waals surface area (Å²) in [7, 11) is 0. The van der Waals surface area contributed by atoms with Crippen LogP contribution in [0.1, 0.15) is 13.3 Å². The summed E-state index contributed by atoms with van der Waals surface area (Å²) < 4.78 is 2.11. The second-order valence-electron chi connectivity index (χ2n) is 3.38. The minimum absolute atomic E-state index is 0.749. The van der Waals surface area contributed by atoms with Crippen molar-refractivity contribution in [2.24, 2.45) is 5.73 Å².